The van der Waals surface area contributed by atoms with Crippen LogP contribution >= 0.6 is 0 Å². The third-order valence-corrected chi connectivity index (χ3v) is 2.59. The zero-order valence-corrected chi connectivity index (χ0v) is 9.64. The topological polar surface area (TPSA) is 48.7 Å². The number of nitrogens with zero attached hydrogens (tertiary/aromatic N) is 2. The molecule has 2 rings (SSSR count). The number of nitrogens with one attached hydrogen (secondary N) is 1. The van der Waals surface area contributed by atoms with Crippen LogP contribution in [0.5, 0.6) is 0 Å². The number of pyridine rings is 1. The van der Waals surface area contributed by atoms with E-state index in [1.807, 2.05) is 49.6 Å². The number of aromatic nitrogens is 1. The number of rotatable bonds is 3. The summed E-state index contributed by atoms with van der Waals surface area (Å²) in [4.78, 5) is 4.27. The van der Waals surface area contributed by atoms with E-state index >= 15 is 0 Å². The average Bonchev–Trinajstić information content (AvgIpc) is 2.40. The average molecular weight is 223 g/mol. The van der Waals surface area contributed by atoms with Gasteiger partial charge in [-0.25, -0.2) is 4.98 Å². The van der Waals surface area contributed by atoms with Crippen molar-refractivity contribution in [1.29, 1.82) is 5.26 Å². The molecule has 0 atom stereocenters. The van der Waals surface area contributed by atoms with E-state index in [1.165, 1.54) is 0 Å². The first-order valence-electron chi connectivity index (χ1n) is 5.43. The van der Waals surface area contributed by atoms with E-state index in [0.717, 1.165) is 22.5 Å². The van der Waals surface area contributed by atoms with Crippen LogP contribution in [-0.2, 0) is 6.42 Å². The minimum Gasteiger partial charge on any atom is -0.373 e. The monoisotopic (exact) mass is 223 g/mol. The molecule has 0 saturated heterocycles. The van der Waals surface area contributed by atoms with Crippen molar-refractivity contribution in [2.75, 3.05) is 12.4 Å². The Bertz CT molecular complexity index is 521. The lowest BCUT2D eigenvalue weighted by Crippen LogP contribution is -1.91. The lowest BCUT2D eigenvalue weighted by atomic mass is 10.0. The molecule has 3 nitrogen and oxygen atoms in total. The van der Waals surface area contributed by atoms with Crippen LogP contribution in [0.1, 0.15) is 5.56 Å². The van der Waals surface area contributed by atoms with Gasteiger partial charge < -0.3 is 5.32 Å². The van der Waals surface area contributed by atoms with Crippen molar-refractivity contribution in [3.8, 4) is 17.2 Å². The van der Waals surface area contributed by atoms with Gasteiger partial charge >= 0.3 is 0 Å². The largest absolute Gasteiger partial charge is 0.373 e. The van der Waals surface area contributed by atoms with E-state index < -0.39 is 0 Å². The van der Waals surface area contributed by atoms with Crippen molar-refractivity contribution in [2.24, 2.45) is 0 Å². The minimum atomic E-state index is 0.456. The second kappa shape index (κ2) is 5.13. The van der Waals surface area contributed by atoms with Crippen molar-refractivity contribution in [1.82, 2.24) is 4.98 Å². The molecule has 2 aromatic rings. The first-order chi connectivity index (χ1) is 8.33. The summed E-state index contributed by atoms with van der Waals surface area (Å²) in [7, 11) is 1.85. The molecule has 0 fully saturated rings. The molecule has 0 spiro atoms. The van der Waals surface area contributed by atoms with E-state index in [4.69, 9.17) is 5.26 Å². The Hall–Kier alpha value is -2.34. The van der Waals surface area contributed by atoms with Gasteiger partial charge in [0.2, 0.25) is 0 Å². The van der Waals surface area contributed by atoms with Crippen LogP contribution in [0, 0.1) is 11.3 Å². The molecule has 1 aromatic heterocycles. The first kappa shape index (κ1) is 11.2. The maximum absolute atomic E-state index is 8.60. The molecule has 0 bridgehead atoms. The minimum absolute atomic E-state index is 0.456. The van der Waals surface area contributed by atoms with Crippen LogP contribution in [-0.4, -0.2) is 12.0 Å². The molecule has 0 saturated carbocycles. The van der Waals surface area contributed by atoms with Gasteiger partial charge in [0.15, 0.2) is 0 Å². The fourth-order valence-corrected chi connectivity index (χ4v) is 1.62. The molecule has 0 unspecified atom stereocenters. The van der Waals surface area contributed by atoms with E-state index in [-0.39, 0.29) is 0 Å². The van der Waals surface area contributed by atoms with Gasteiger partial charge in [-0.05, 0) is 23.3 Å². The van der Waals surface area contributed by atoms with Crippen LogP contribution in [0.25, 0.3) is 11.1 Å². The molecule has 17 heavy (non-hydrogen) atoms. The Morgan fingerprint density at radius 2 is 1.82 bits per heavy atom. The summed E-state index contributed by atoms with van der Waals surface area (Å²) < 4.78 is 0. The summed E-state index contributed by atoms with van der Waals surface area (Å²) >= 11 is 0. The number of hydrogen-bond acceptors (Lipinski definition) is 3. The van der Waals surface area contributed by atoms with Crippen LogP contribution < -0.4 is 5.32 Å². The van der Waals surface area contributed by atoms with Gasteiger partial charge in [-0.2, -0.15) is 5.26 Å². The lowest BCUT2D eigenvalue weighted by molar-refractivity contribution is 1.26. The fraction of sp³-hybridized carbons (Fsp3) is 0.143. The van der Waals surface area contributed by atoms with Crippen molar-refractivity contribution < 1.29 is 0 Å². The Kier molecular flexibility index (Phi) is 3.37. The van der Waals surface area contributed by atoms with Crippen molar-refractivity contribution in [3.63, 3.8) is 0 Å². The van der Waals surface area contributed by atoms with E-state index in [2.05, 4.69) is 16.4 Å². The standard InChI is InChI=1S/C14H13N3/c1-16-14-7-6-13(10-17-14)12-4-2-11(3-5-12)8-9-15/h2-7,10H,8H2,1H3,(H,16,17). The van der Waals surface area contributed by atoms with Crippen molar-refractivity contribution >= 4 is 5.82 Å². The predicted molar refractivity (Wildman–Crippen MR) is 68.5 cm³/mol. The third-order valence-electron chi connectivity index (χ3n) is 2.59. The zero-order chi connectivity index (χ0) is 12.1. The Morgan fingerprint density at radius 3 is 2.35 bits per heavy atom. The first-order valence-corrected chi connectivity index (χ1v) is 5.43. The molecule has 0 aliphatic carbocycles. The smallest absolute Gasteiger partial charge is 0.125 e. The summed E-state index contributed by atoms with van der Waals surface area (Å²) in [6.45, 7) is 0. The highest BCUT2D eigenvalue weighted by atomic mass is 14.9. The van der Waals surface area contributed by atoms with Crippen LogP contribution in [0.15, 0.2) is 42.6 Å². The molecule has 0 radical (unpaired) electrons. The van der Waals surface area contributed by atoms with Gasteiger partial charge in [0.05, 0.1) is 12.5 Å². The Balaban J connectivity index is 2.24. The summed E-state index contributed by atoms with van der Waals surface area (Å²) in [5.74, 6) is 0.856. The maximum Gasteiger partial charge on any atom is 0.125 e. The Labute approximate surface area is 101 Å². The normalized spacial score (nSPS) is 9.65. The molecule has 0 aliphatic heterocycles. The molecule has 1 N–H and O–H groups in total. The maximum atomic E-state index is 8.60. The Morgan fingerprint density at radius 1 is 1.12 bits per heavy atom. The van der Waals surface area contributed by atoms with Crippen LogP contribution in [0.2, 0.25) is 0 Å². The van der Waals surface area contributed by atoms with Gasteiger partial charge in [0, 0.05) is 18.8 Å². The highest BCUT2D eigenvalue weighted by Crippen LogP contribution is 2.20. The number of benzene rings is 1. The molecular weight excluding hydrogens is 210 g/mol. The van der Waals surface area contributed by atoms with Gasteiger partial charge in [-0.15, -0.1) is 0 Å². The number of nitriles is 1. The van der Waals surface area contributed by atoms with Gasteiger partial charge in [0.1, 0.15) is 5.82 Å². The van der Waals surface area contributed by atoms with E-state index in [0.29, 0.717) is 6.42 Å². The third kappa shape index (κ3) is 2.61. The van der Waals surface area contributed by atoms with Crippen molar-refractivity contribution in [2.45, 2.75) is 6.42 Å². The molecule has 1 heterocycles. The van der Waals surface area contributed by atoms with Gasteiger partial charge in [0.25, 0.3) is 0 Å². The van der Waals surface area contributed by atoms with Gasteiger partial charge in [-0.3, -0.25) is 0 Å². The zero-order valence-electron chi connectivity index (χ0n) is 9.64. The highest BCUT2D eigenvalue weighted by molar-refractivity contribution is 5.64. The molecule has 0 aliphatic rings. The fourth-order valence-electron chi connectivity index (χ4n) is 1.62. The van der Waals surface area contributed by atoms with Crippen LogP contribution in [0.3, 0.4) is 0 Å². The quantitative estimate of drug-likeness (QED) is 0.870. The molecule has 84 valence electrons. The summed E-state index contributed by atoms with van der Waals surface area (Å²) in [5, 5.41) is 11.6. The lowest BCUT2D eigenvalue weighted by Gasteiger charge is -2.04. The SMILES string of the molecule is CNc1ccc(-c2ccc(CC#N)cc2)cn1. The number of hydrogen-bond donors (Lipinski definition) is 1. The molecule has 1 aromatic carbocycles. The molecule has 0 amide bonds. The molecular formula is C14H13N3. The number of anilines is 1. The summed E-state index contributed by atoms with van der Waals surface area (Å²) in [6.07, 6.45) is 2.29. The summed E-state index contributed by atoms with van der Waals surface area (Å²) in [6, 6.07) is 14.1. The van der Waals surface area contributed by atoms with Gasteiger partial charge in [-0.1, -0.05) is 24.3 Å². The second-order valence-corrected chi connectivity index (χ2v) is 3.71. The van der Waals surface area contributed by atoms with Crippen molar-refractivity contribution in [3.05, 3.63) is 48.2 Å². The summed E-state index contributed by atoms with van der Waals surface area (Å²) in [5.41, 5.74) is 3.23. The van der Waals surface area contributed by atoms with E-state index in [1.54, 1.807) is 0 Å². The molecule has 3 heteroatoms. The van der Waals surface area contributed by atoms with Crippen LogP contribution in [0.4, 0.5) is 5.82 Å². The highest BCUT2D eigenvalue weighted by Gasteiger charge is 1.99. The predicted octanol–water partition coefficient (Wildman–Crippen LogP) is 2.86. The second-order valence-electron chi connectivity index (χ2n) is 3.71. The van der Waals surface area contributed by atoms with E-state index in [9.17, 15) is 0 Å².